The number of nitrogens with zero attached hydrogens (tertiary/aromatic N) is 5. The lowest BCUT2D eigenvalue weighted by molar-refractivity contribution is -0.125. The number of carbonyl (C=O) groups is 1. The molecule has 1 atom stereocenters. The van der Waals surface area contributed by atoms with Gasteiger partial charge in [-0.1, -0.05) is 0 Å². The van der Waals surface area contributed by atoms with E-state index < -0.39 is 0 Å². The monoisotopic (exact) mass is 434 g/mol. The molecule has 8 heteroatoms. The van der Waals surface area contributed by atoms with Crippen molar-refractivity contribution < 1.29 is 9.53 Å². The molecule has 1 fully saturated rings. The van der Waals surface area contributed by atoms with Crippen LogP contribution in [-0.4, -0.2) is 52.4 Å². The molecule has 3 heterocycles. The molecular formula is C24H30N6O2. The number of carbonyl (C=O) groups excluding carboxylic acids is 1. The van der Waals surface area contributed by atoms with Gasteiger partial charge in [-0.15, -0.1) is 0 Å². The average Bonchev–Trinajstić information content (AvgIpc) is 3.16. The smallest absolute Gasteiger partial charge is 0.224 e. The zero-order chi connectivity index (χ0) is 22.5. The van der Waals surface area contributed by atoms with Gasteiger partial charge < -0.3 is 15.0 Å². The highest BCUT2D eigenvalue weighted by molar-refractivity contribution is 5.79. The second-order valence-corrected chi connectivity index (χ2v) is 8.22. The predicted octanol–water partition coefficient (Wildman–Crippen LogP) is 3.00. The topological polar surface area (TPSA) is 85.2 Å². The molecule has 32 heavy (non-hydrogen) atoms. The van der Waals surface area contributed by atoms with Gasteiger partial charge in [-0.3, -0.25) is 9.48 Å². The van der Waals surface area contributed by atoms with Crippen molar-refractivity contribution >= 4 is 11.7 Å². The van der Waals surface area contributed by atoms with E-state index in [1.54, 1.807) is 13.4 Å². The molecule has 1 aliphatic rings. The summed E-state index contributed by atoms with van der Waals surface area (Å²) in [6, 6.07) is 11.9. The van der Waals surface area contributed by atoms with E-state index in [9.17, 15) is 4.79 Å². The Morgan fingerprint density at radius 1 is 1.19 bits per heavy atom. The Bertz CT molecular complexity index is 1060. The standard InChI is InChI=1S/C24H30N6O2/c1-17-13-18(2)30(28-17)12-10-25-24(31)20-5-4-11-29(15-20)23-14-22(26-16-27-23)19-6-8-21(32-3)9-7-19/h6-9,13-14,16,20H,4-5,10-12,15H2,1-3H3,(H,25,31)/t20-/m0/s1. The minimum atomic E-state index is -0.0522. The Morgan fingerprint density at radius 2 is 2.00 bits per heavy atom. The number of anilines is 1. The van der Waals surface area contributed by atoms with E-state index in [-0.39, 0.29) is 11.8 Å². The largest absolute Gasteiger partial charge is 0.497 e. The van der Waals surface area contributed by atoms with E-state index >= 15 is 0 Å². The highest BCUT2D eigenvalue weighted by atomic mass is 16.5. The van der Waals surface area contributed by atoms with E-state index in [1.165, 1.54) is 0 Å². The molecule has 3 aromatic rings. The van der Waals surface area contributed by atoms with Gasteiger partial charge in [-0.25, -0.2) is 9.97 Å². The van der Waals surface area contributed by atoms with Gasteiger partial charge in [0.2, 0.25) is 5.91 Å². The van der Waals surface area contributed by atoms with Gasteiger partial charge in [0.25, 0.3) is 0 Å². The van der Waals surface area contributed by atoms with E-state index in [2.05, 4.69) is 25.3 Å². The fraction of sp³-hybridized carbons (Fsp3) is 0.417. The summed E-state index contributed by atoms with van der Waals surface area (Å²) in [4.78, 5) is 23.9. The first kappa shape index (κ1) is 21.8. The van der Waals surface area contributed by atoms with E-state index in [1.807, 2.05) is 54.9 Å². The highest BCUT2D eigenvalue weighted by Gasteiger charge is 2.26. The number of benzene rings is 1. The van der Waals surface area contributed by atoms with Crippen molar-refractivity contribution in [1.82, 2.24) is 25.1 Å². The zero-order valence-electron chi connectivity index (χ0n) is 18.9. The summed E-state index contributed by atoms with van der Waals surface area (Å²) in [6.45, 7) is 6.81. The number of rotatable bonds is 7. The number of aryl methyl sites for hydroxylation is 2. The second-order valence-electron chi connectivity index (χ2n) is 8.22. The first-order valence-electron chi connectivity index (χ1n) is 11.0. The van der Waals surface area contributed by atoms with Crippen LogP contribution in [0.5, 0.6) is 5.75 Å². The van der Waals surface area contributed by atoms with Crippen LogP contribution >= 0.6 is 0 Å². The number of aromatic nitrogens is 4. The number of amides is 1. The maximum atomic E-state index is 12.8. The summed E-state index contributed by atoms with van der Waals surface area (Å²) in [7, 11) is 1.65. The zero-order valence-corrected chi connectivity index (χ0v) is 18.9. The molecule has 0 bridgehead atoms. The number of methoxy groups -OCH3 is 1. The first-order chi connectivity index (χ1) is 15.5. The molecule has 0 aliphatic carbocycles. The van der Waals surface area contributed by atoms with Crippen LogP contribution in [0.15, 0.2) is 42.7 Å². The molecule has 0 spiro atoms. The Labute approximate surface area is 188 Å². The molecule has 8 nitrogen and oxygen atoms in total. The van der Waals surface area contributed by atoms with Gasteiger partial charge in [0.15, 0.2) is 0 Å². The van der Waals surface area contributed by atoms with Crippen molar-refractivity contribution in [1.29, 1.82) is 0 Å². The average molecular weight is 435 g/mol. The number of hydrogen-bond acceptors (Lipinski definition) is 6. The molecule has 1 aliphatic heterocycles. The van der Waals surface area contributed by atoms with Crippen LogP contribution in [0.1, 0.15) is 24.2 Å². The maximum absolute atomic E-state index is 12.8. The van der Waals surface area contributed by atoms with Crippen LogP contribution in [0.3, 0.4) is 0 Å². The third-order valence-electron chi connectivity index (χ3n) is 5.88. The molecule has 1 saturated heterocycles. The molecule has 2 aromatic heterocycles. The predicted molar refractivity (Wildman–Crippen MR) is 124 cm³/mol. The third-order valence-corrected chi connectivity index (χ3v) is 5.88. The van der Waals surface area contributed by atoms with Crippen molar-refractivity contribution in [3.05, 3.63) is 54.1 Å². The summed E-state index contributed by atoms with van der Waals surface area (Å²) >= 11 is 0. The lowest BCUT2D eigenvalue weighted by Crippen LogP contribution is -2.44. The second kappa shape index (κ2) is 9.80. The Hall–Kier alpha value is -3.42. The number of hydrogen-bond donors (Lipinski definition) is 1. The van der Waals surface area contributed by atoms with Crippen molar-refractivity contribution in [2.24, 2.45) is 5.92 Å². The van der Waals surface area contributed by atoms with Crippen molar-refractivity contribution in [2.45, 2.75) is 33.2 Å². The Balaban J connectivity index is 1.36. The van der Waals surface area contributed by atoms with Crippen molar-refractivity contribution in [3.63, 3.8) is 0 Å². The summed E-state index contributed by atoms with van der Waals surface area (Å²) in [5.41, 5.74) is 3.96. The SMILES string of the molecule is COc1ccc(-c2cc(N3CCC[C@H](C(=O)NCCn4nc(C)cc4C)C3)ncn2)cc1. The first-order valence-corrected chi connectivity index (χ1v) is 11.0. The van der Waals surface area contributed by atoms with E-state index in [4.69, 9.17) is 4.74 Å². The lowest BCUT2D eigenvalue weighted by atomic mass is 9.97. The quantitative estimate of drug-likeness (QED) is 0.615. The number of ether oxygens (including phenoxy) is 1. The van der Waals surface area contributed by atoms with Crippen LogP contribution in [0.2, 0.25) is 0 Å². The fourth-order valence-electron chi connectivity index (χ4n) is 4.17. The summed E-state index contributed by atoms with van der Waals surface area (Å²) in [6.07, 6.45) is 3.43. The summed E-state index contributed by atoms with van der Waals surface area (Å²) in [5, 5.41) is 7.54. The van der Waals surface area contributed by atoms with Crippen molar-refractivity contribution in [3.8, 4) is 17.0 Å². The van der Waals surface area contributed by atoms with E-state index in [0.29, 0.717) is 19.6 Å². The number of nitrogens with one attached hydrogen (secondary N) is 1. The molecule has 1 N–H and O–H groups in total. The van der Waals surface area contributed by atoms with Crippen LogP contribution in [0.25, 0.3) is 11.3 Å². The molecule has 4 rings (SSSR count). The molecular weight excluding hydrogens is 404 g/mol. The Morgan fingerprint density at radius 3 is 2.72 bits per heavy atom. The van der Waals surface area contributed by atoms with E-state index in [0.717, 1.165) is 53.6 Å². The van der Waals surface area contributed by atoms with Crippen molar-refractivity contribution in [2.75, 3.05) is 31.6 Å². The minimum absolute atomic E-state index is 0.0522. The van der Waals surface area contributed by atoms with Crippen LogP contribution in [0, 0.1) is 19.8 Å². The van der Waals surface area contributed by atoms with Gasteiger partial charge in [-0.2, -0.15) is 5.10 Å². The Kier molecular flexibility index (Phi) is 6.68. The van der Waals surface area contributed by atoms with Crippen LogP contribution < -0.4 is 15.0 Å². The summed E-state index contributed by atoms with van der Waals surface area (Å²) in [5.74, 6) is 1.71. The van der Waals surface area contributed by atoms with Gasteiger partial charge in [0, 0.05) is 37.0 Å². The molecule has 0 unspecified atom stereocenters. The van der Waals surface area contributed by atoms with Crippen LogP contribution in [0.4, 0.5) is 5.82 Å². The summed E-state index contributed by atoms with van der Waals surface area (Å²) < 4.78 is 7.17. The molecule has 168 valence electrons. The molecule has 0 saturated carbocycles. The number of piperidine rings is 1. The lowest BCUT2D eigenvalue weighted by Gasteiger charge is -2.33. The molecule has 1 amide bonds. The minimum Gasteiger partial charge on any atom is -0.497 e. The van der Waals surface area contributed by atoms with Gasteiger partial charge in [-0.05, 0) is 57.0 Å². The van der Waals surface area contributed by atoms with Gasteiger partial charge in [0.1, 0.15) is 17.9 Å². The molecule has 0 radical (unpaired) electrons. The fourth-order valence-corrected chi connectivity index (χ4v) is 4.17. The van der Waals surface area contributed by atoms with Crippen LogP contribution in [-0.2, 0) is 11.3 Å². The molecule has 1 aromatic carbocycles. The van der Waals surface area contributed by atoms with Gasteiger partial charge in [0.05, 0.1) is 31.0 Å². The third kappa shape index (κ3) is 5.07. The normalized spacial score (nSPS) is 16.1. The highest BCUT2D eigenvalue weighted by Crippen LogP contribution is 2.26. The maximum Gasteiger partial charge on any atom is 0.224 e. The van der Waals surface area contributed by atoms with Gasteiger partial charge >= 0.3 is 0 Å².